The number of likely N-dealkylation sites (N-methyl/N-ethyl adjacent to an activating group) is 1. The van der Waals surface area contributed by atoms with Crippen molar-refractivity contribution in [2.75, 3.05) is 32.6 Å². The van der Waals surface area contributed by atoms with Crippen LogP contribution in [0.5, 0.6) is 5.75 Å². The number of ether oxygens (including phenoxy) is 1. The summed E-state index contributed by atoms with van der Waals surface area (Å²) < 4.78 is 20.5. The molecule has 0 saturated heterocycles. The molecule has 2 aromatic carbocycles. The van der Waals surface area contributed by atoms with E-state index >= 15 is 0 Å². The molecule has 0 aliphatic carbocycles. The summed E-state index contributed by atoms with van der Waals surface area (Å²) in [6.45, 7) is 1.77. The van der Waals surface area contributed by atoms with Gasteiger partial charge in [0.05, 0.1) is 39.1 Å². The summed E-state index contributed by atoms with van der Waals surface area (Å²) >= 11 is 9.08. The molecule has 10 nitrogen and oxygen atoms in total. The van der Waals surface area contributed by atoms with Crippen LogP contribution in [0.2, 0.25) is 5.02 Å². The summed E-state index contributed by atoms with van der Waals surface area (Å²) in [5.41, 5.74) is 0.0236. The lowest BCUT2D eigenvalue weighted by Gasteiger charge is -2.15. The number of anilines is 2. The third-order valence-corrected chi connectivity index (χ3v) is 5.76. The van der Waals surface area contributed by atoms with Gasteiger partial charge in [-0.25, -0.2) is 19.7 Å². The Labute approximate surface area is 207 Å². The number of rotatable bonds is 9. The molecule has 0 bridgehead atoms. The van der Waals surface area contributed by atoms with E-state index in [1.165, 1.54) is 24.5 Å². The van der Waals surface area contributed by atoms with Crippen molar-refractivity contribution in [3.63, 3.8) is 0 Å². The van der Waals surface area contributed by atoms with Gasteiger partial charge in [0.1, 0.15) is 18.8 Å². The first-order valence-electron chi connectivity index (χ1n) is 9.91. The highest BCUT2D eigenvalue weighted by Gasteiger charge is 2.21. The fraction of sp³-hybridized carbons (Fsp3) is 0.286. The number of carbonyl (C=O) groups is 1. The number of carbonyl (C=O) groups excluding carboxylic acids is 1. The smallest absolute Gasteiger partial charge is 0.311 e. The fourth-order valence-corrected chi connectivity index (χ4v) is 3.46. The van der Waals surface area contributed by atoms with E-state index in [0.717, 1.165) is 0 Å². The van der Waals surface area contributed by atoms with Crippen LogP contribution in [0.3, 0.4) is 0 Å². The van der Waals surface area contributed by atoms with Crippen molar-refractivity contribution in [1.82, 2.24) is 20.2 Å². The van der Waals surface area contributed by atoms with Gasteiger partial charge in [-0.05, 0) is 49.1 Å². The molecule has 0 spiro atoms. The summed E-state index contributed by atoms with van der Waals surface area (Å²) in [5, 5.41) is 18.7. The van der Waals surface area contributed by atoms with Gasteiger partial charge < -0.3 is 15.0 Å². The van der Waals surface area contributed by atoms with E-state index in [1.54, 1.807) is 32.0 Å². The molecular weight excluding hydrogens is 535 g/mol. The van der Waals surface area contributed by atoms with Gasteiger partial charge in [-0.15, -0.1) is 0 Å². The van der Waals surface area contributed by atoms with Crippen LogP contribution < -0.4 is 15.4 Å². The molecule has 1 amide bonds. The number of aromatic nitrogens is 2. The Bertz CT molecular complexity index is 1250. The van der Waals surface area contributed by atoms with E-state index in [0.29, 0.717) is 9.99 Å². The molecular formula is C21H20BrClFN6O4. The van der Waals surface area contributed by atoms with Crippen molar-refractivity contribution >= 4 is 61.5 Å². The van der Waals surface area contributed by atoms with Crippen LogP contribution in [-0.4, -0.2) is 59.0 Å². The monoisotopic (exact) mass is 553 g/mol. The average molecular weight is 555 g/mol. The second-order valence-corrected chi connectivity index (χ2v) is 8.82. The lowest BCUT2D eigenvalue weighted by atomic mass is 10.2. The maximum Gasteiger partial charge on any atom is 0.311 e. The molecule has 1 atom stereocenters. The summed E-state index contributed by atoms with van der Waals surface area (Å²) in [5.74, 6) is -0.923. The topological polar surface area (TPSA) is 125 Å². The Morgan fingerprint density at radius 1 is 1.38 bits per heavy atom. The predicted molar refractivity (Wildman–Crippen MR) is 129 cm³/mol. The van der Waals surface area contributed by atoms with Crippen LogP contribution in [-0.2, 0) is 4.79 Å². The van der Waals surface area contributed by atoms with Gasteiger partial charge in [0.2, 0.25) is 0 Å². The number of hydrogen-bond donors (Lipinski definition) is 1. The summed E-state index contributed by atoms with van der Waals surface area (Å²) in [4.78, 5) is 32.9. The van der Waals surface area contributed by atoms with Gasteiger partial charge in [-0.2, -0.15) is 0 Å². The fourth-order valence-electron chi connectivity index (χ4n) is 2.99. The number of fused-ring (bicyclic) bond motifs is 1. The van der Waals surface area contributed by atoms with Crippen LogP contribution >= 0.6 is 27.5 Å². The zero-order valence-electron chi connectivity index (χ0n) is 18.4. The van der Waals surface area contributed by atoms with Crippen molar-refractivity contribution in [3.8, 4) is 5.75 Å². The first kappa shape index (κ1) is 25.5. The van der Waals surface area contributed by atoms with E-state index in [4.69, 9.17) is 16.3 Å². The second-order valence-electron chi connectivity index (χ2n) is 7.59. The molecule has 1 aromatic heterocycles. The van der Waals surface area contributed by atoms with E-state index in [1.807, 2.05) is 0 Å². The molecule has 179 valence electrons. The van der Waals surface area contributed by atoms with Gasteiger partial charge in [-0.1, -0.05) is 11.6 Å². The Morgan fingerprint density at radius 3 is 2.79 bits per heavy atom. The number of nitro groups is 1. The third-order valence-electron chi connectivity index (χ3n) is 4.50. The lowest BCUT2D eigenvalue weighted by molar-refractivity contribution is -0.385. The second kappa shape index (κ2) is 10.9. The van der Waals surface area contributed by atoms with Crippen LogP contribution in [0.4, 0.5) is 21.6 Å². The van der Waals surface area contributed by atoms with Crippen molar-refractivity contribution in [3.05, 3.63) is 56.0 Å². The molecule has 13 heteroatoms. The molecule has 0 aliphatic heterocycles. The minimum absolute atomic E-state index is 0.0361. The highest BCUT2D eigenvalue weighted by Crippen LogP contribution is 2.36. The van der Waals surface area contributed by atoms with Crippen LogP contribution in [0.25, 0.3) is 10.9 Å². The number of hydrogen-bond acceptors (Lipinski definition) is 8. The summed E-state index contributed by atoms with van der Waals surface area (Å²) in [7, 11) is 3.50. The minimum Gasteiger partial charge on any atom is -0.484 e. The Hall–Kier alpha value is -3.09. The van der Waals surface area contributed by atoms with E-state index in [2.05, 4.69) is 36.5 Å². The van der Waals surface area contributed by atoms with Crippen molar-refractivity contribution in [2.24, 2.45) is 0 Å². The van der Waals surface area contributed by atoms with Gasteiger partial charge in [0.15, 0.2) is 11.6 Å². The maximum atomic E-state index is 14.5. The Balaban J connectivity index is 1.88. The van der Waals surface area contributed by atoms with Gasteiger partial charge >= 0.3 is 5.69 Å². The number of benzene rings is 2. The SMILES string of the molecule is CC(COc1cc2ncnc(Nc3ccc(Br)c(Cl)c3F)c2cc1[N+](=O)[O-])[N]C(=O)CN(C)C. The van der Waals surface area contributed by atoms with Gasteiger partial charge in [0, 0.05) is 16.6 Å². The van der Waals surface area contributed by atoms with E-state index in [-0.39, 0.29) is 52.4 Å². The standard InChI is InChI=1S/C21H20BrClFN6O4/c1-11(27-18(31)8-29(2)3)9-34-17-7-15-12(6-16(17)30(32)33)21(26-10-25-15)28-14-5-4-13(22)19(23)20(14)24/h4-7,10-11H,8-9H2,1-3H3,(H,25,26,28). The molecule has 0 fully saturated rings. The minimum atomic E-state index is -0.709. The largest absolute Gasteiger partial charge is 0.484 e. The molecule has 3 aromatic rings. The Morgan fingerprint density at radius 2 is 2.12 bits per heavy atom. The normalized spacial score (nSPS) is 12.0. The quantitative estimate of drug-likeness (QED) is 0.236. The number of nitro benzene ring substituents is 1. The molecule has 0 aliphatic rings. The van der Waals surface area contributed by atoms with Crippen molar-refractivity contribution in [1.29, 1.82) is 0 Å². The molecule has 1 N–H and O–H groups in total. The zero-order chi connectivity index (χ0) is 25.0. The number of amides is 1. The van der Waals surface area contributed by atoms with Crippen molar-refractivity contribution in [2.45, 2.75) is 13.0 Å². The highest BCUT2D eigenvalue weighted by molar-refractivity contribution is 9.10. The molecule has 0 saturated carbocycles. The molecule has 1 heterocycles. The lowest BCUT2D eigenvalue weighted by Crippen LogP contribution is -2.36. The van der Waals surface area contributed by atoms with Gasteiger partial charge in [0.25, 0.3) is 5.91 Å². The molecule has 3 rings (SSSR count). The number of nitrogens with zero attached hydrogens (tertiary/aromatic N) is 5. The zero-order valence-corrected chi connectivity index (χ0v) is 20.7. The van der Waals surface area contributed by atoms with E-state index in [9.17, 15) is 19.3 Å². The van der Waals surface area contributed by atoms with Gasteiger partial charge in [-0.3, -0.25) is 14.9 Å². The molecule has 1 radical (unpaired) electrons. The third kappa shape index (κ3) is 6.07. The van der Waals surface area contributed by atoms with Crippen LogP contribution in [0, 0.1) is 15.9 Å². The van der Waals surface area contributed by atoms with E-state index < -0.39 is 16.8 Å². The van der Waals surface area contributed by atoms with Crippen molar-refractivity contribution < 1.29 is 18.8 Å². The molecule has 1 unspecified atom stereocenters. The average Bonchev–Trinajstić information content (AvgIpc) is 2.76. The number of halogens is 3. The highest BCUT2D eigenvalue weighted by atomic mass is 79.9. The number of nitrogens with one attached hydrogen (secondary N) is 1. The predicted octanol–water partition coefficient (Wildman–Crippen LogP) is 4.30. The summed E-state index contributed by atoms with van der Waals surface area (Å²) in [6.07, 6.45) is 1.23. The summed E-state index contributed by atoms with van der Waals surface area (Å²) in [6, 6.07) is 5.12. The maximum absolute atomic E-state index is 14.5. The van der Waals surface area contributed by atoms with Crippen LogP contribution in [0.15, 0.2) is 35.1 Å². The first-order valence-corrected chi connectivity index (χ1v) is 11.1. The van der Waals surface area contributed by atoms with Crippen LogP contribution in [0.1, 0.15) is 6.92 Å². The first-order chi connectivity index (χ1) is 16.1. The Kier molecular flexibility index (Phi) is 8.18. The molecule has 34 heavy (non-hydrogen) atoms.